The first-order valence-corrected chi connectivity index (χ1v) is 9.39. The highest BCUT2D eigenvalue weighted by Gasteiger charge is 2.18. The van der Waals surface area contributed by atoms with Crippen LogP contribution in [0.4, 0.5) is 5.69 Å². The minimum Gasteiger partial charge on any atom is -0.321 e. The third-order valence-corrected chi connectivity index (χ3v) is 5.34. The van der Waals surface area contributed by atoms with E-state index in [0.29, 0.717) is 0 Å². The number of thiophene rings is 1. The van der Waals surface area contributed by atoms with Crippen LogP contribution in [-0.4, -0.2) is 12.2 Å². The van der Waals surface area contributed by atoms with Crippen molar-refractivity contribution in [1.29, 1.82) is 0 Å². The molecule has 1 N–H and O–H groups in total. The summed E-state index contributed by atoms with van der Waals surface area (Å²) in [6.07, 6.45) is 2.01. The van der Waals surface area contributed by atoms with E-state index < -0.39 is 0 Å². The number of anilines is 1. The van der Waals surface area contributed by atoms with Gasteiger partial charge in [0.05, 0.1) is 11.3 Å². The summed E-state index contributed by atoms with van der Waals surface area (Å²) < 4.78 is 0. The highest BCUT2D eigenvalue weighted by molar-refractivity contribution is 7.98. The summed E-state index contributed by atoms with van der Waals surface area (Å²) in [7, 11) is 0. The van der Waals surface area contributed by atoms with Crippen LogP contribution in [0.25, 0.3) is 11.1 Å². The molecule has 1 amide bonds. The first kappa shape index (κ1) is 15.8. The molecule has 2 aromatic carbocycles. The molecule has 0 unspecified atom stereocenters. The second kappa shape index (κ2) is 7.02. The maximum atomic E-state index is 12.8. The van der Waals surface area contributed by atoms with Crippen molar-refractivity contribution in [2.24, 2.45) is 0 Å². The Kier molecular flexibility index (Phi) is 4.84. The van der Waals surface area contributed by atoms with Crippen molar-refractivity contribution in [2.45, 2.75) is 11.8 Å². The molecule has 1 heterocycles. The molecular weight excluding hydrogens is 322 g/mol. The lowest BCUT2D eigenvalue weighted by atomic mass is 10.0. The van der Waals surface area contributed by atoms with Crippen molar-refractivity contribution in [1.82, 2.24) is 0 Å². The van der Waals surface area contributed by atoms with Gasteiger partial charge in [-0.05, 0) is 30.9 Å². The van der Waals surface area contributed by atoms with Crippen LogP contribution in [0, 0.1) is 6.92 Å². The number of hydrogen-bond donors (Lipinski definition) is 1. The molecule has 0 saturated heterocycles. The summed E-state index contributed by atoms with van der Waals surface area (Å²) in [5, 5.41) is 4.99. The van der Waals surface area contributed by atoms with Gasteiger partial charge < -0.3 is 5.32 Å². The average Bonchev–Trinajstić information content (AvgIpc) is 2.98. The standard InChI is InChI=1S/C19H17NOS2/c1-13-18(14-8-4-3-5-9-14)15(12-23-13)19(21)20-16-10-6-7-11-17(16)22-2/h3-12H,1-2H3,(H,20,21). The number of thioether (sulfide) groups is 1. The van der Waals surface area contributed by atoms with Crippen molar-refractivity contribution >= 4 is 34.7 Å². The third kappa shape index (κ3) is 3.33. The number of benzene rings is 2. The van der Waals surface area contributed by atoms with Crippen LogP contribution in [0.15, 0.2) is 64.9 Å². The predicted molar refractivity (Wildman–Crippen MR) is 101 cm³/mol. The van der Waals surface area contributed by atoms with Gasteiger partial charge in [0.15, 0.2) is 0 Å². The summed E-state index contributed by atoms with van der Waals surface area (Å²) in [6.45, 7) is 2.06. The zero-order chi connectivity index (χ0) is 16.2. The van der Waals surface area contributed by atoms with Crippen molar-refractivity contribution in [3.63, 3.8) is 0 Å². The van der Waals surface area contributed by atoms with Gasteiger partial charge in [0.25, 0.3) is 5.91 Å². The Balaban J connectivity index is 1.95. The summed E-state index contributed by atoms with van der Waals surface area (Å²) in [5.74, 6) is -0.0605. The molecule has 3 rings (SSSR count). The lowest BCUT2D eigenvalue weighted by Gasteiger charge is -2.10. The van der Waals surface area contributed by atoms with Crippen molar-refractivity contribution in [3.8, 4) is 11.1 Å². The van der Waals surface area contributed by atoms with E-state index in [1.54, 1.807) is 23.1 Å². The predicted octanol–water partition coefficient (Wildman–Crippen LogP) is 5.70. The van der Waals surface area contributed by atoms with Gasteiger partial charge in [-0.1, -0.05) is 42.5 Å². The Labute approximate surface area is 144 Å². The molecule has 0 radical (unpaired) electrons. The second-order valence-electron chi connectivity index (χ2n) is 5.10. The first-order valence-electron chi connectivity index (χ1n) is 7.28. The molecule has 4 heteroatoms. The van der Waals surface area contributed by atoms with E-state index in [9.17, 15) is 4.79 Å². The minimum absolute atomic E-state index is 0.0605. The zero-order valence-electron chi connectivity index (χ0n) is 13.0. The molecule has 0 spiro atoms. The molecule has 0 saturated carbocycles. The minimum atomic E-state index is -0.0605. The van der Waals surface area contributed by atoms with E-state index in [-0.39, 0.29) is 5.91 Å². The normalized spacial score (nSPS) is 10.5. The van der Waals surface area contributed by atoms with Crippen molar-refractivity contribution in [2.75, 3.05) is 11.6 Å². The lowest BCUT2D eigenvalue weighted by Crippen LogP contribution is -2.12. The molecule has 3 aromatic rings. The van der Waals surface area contributed by atoms with Crippen molar-refractivity contribution < 1.29 is 4.79 Å². The third-order valence-electron chi connectivity index (χ3n) is 3.64. The van der Waals surface area contributed by atoms with Crippen molar-refractivity contribution in [3.05, 3.63) is 70.4 Å². The Hall–Kier alpha value is -2.04. The van der Waals surface area contributed by atoms with Gasteiger partial charge >= 0.3 is 0 Å². The fraction of sp³-hybridized carbons (Fsp3) is 0.105. The highest BCUT2D eigenvalue weighted by atomic mass is 32.2. The van der Waals surface area contributed by atoms with E-state index >= 15 is 0 Å². The van der Waals surface area contributed by atoms with Crippen LogP contribution in [-0.2, 0) is 0 Å². The van der Waals surface area contributed by atoms with Gasteiger partial charge in [0.1, 0.15) is 0 Å². The zero-order valence-corrected chi connectivity index (χ0v) is 14.6. The number of carbonyl (C=O) groups is 1. The number of carbonyl (C=O) groups excluding carboxylic acids is 1. The molecule has 116 valence electrons. The van der Waals surface area contributed by atoms with Crippen LogP contribution in [0.1, 0.15) is 15.2 Å². The van der Waals surface area contributed by atoms with Crippen LogP contribution in [0.2, 0.25) is 0 Å². The van der Waals surface area contributed by atoms with E-state index in [0.717, 1.165) is 32.2 Å². The summed E-state index contributed by atoms with van der Waals surface area (Å²) in [6, 6.07) is 17.9. The fourth-order valence-electron chi connectivity index (χ4n) is 2.52. The summed E-state index contributed by atoms with van der Waals surface area (Å²) in [5.41, 5.74) is 3.69. The Bertz CT molecular complexity index is 824. The number of nitrogens with one attached hydrogen (secondary N) is 1. The molecule has 0 aliphatic heterocycles. The second-order valence-corrected chi connectivity index (χ2v) is 7.03. The van der Waals surface area contributed by atoms with E-state index in [1.807, 2.05) is 66.2 Å². The van der Waals surface area contributed by atoms with E-state index in [2.05, 4.69) is 12.2 Å². The smallest absolute Gasteiger partial charge is 0.257 e. The maximum Gasteiger partial charge on any atom is 0.257 e. The molecule has 0 aliphatic rings. The summed E-state index contributed by atoms with van der Waals surface area (Å²) in [4.78, 5) is 15.0. The van der Waals surface area contributed by atoms with Crippen LogP contribution < -0.4 is 5.32 Å². The summed E-state index contributed by atoms with van der Waals surface area (Å²) >= 11 is 3.23. The monoisotopic (exact) mass is 339 g/mol. The van der Waals surface area contributed by atoms with Crippen LogP contribution >= 0.6 is 23.1 Å². The SMILES string of the molecule is CSc1ccccc1NC(=O)c1csc(C)c1-c1ccccc1. The van der Waals surface area contributed by atoms with Gasteiger partial charge in [-0.2, -0.15) is 0 Å². The number of aryl methyl sites for hydroxylation is 1. The quantitative estimate of drug-likeness (QED) is 0.618. The molecule has 1 aromatic heterocycles. The van der Waals surface area contributed by atoms with Gasteiger partial charge in [0, 0.05) is 20.7 Å². The highest BCUT2D eigenvalue weighted by Crippen LogP contribution is 2.33. The largest absolute Gasteiger partial charge is 0.321 e. The van der Waals surface area contributed by atoms with Gasteiger partial charge in [0.2, 0.25) is 0 Å². The van der Waals surface area contributed by atoms with Crippen LogP contribution in [0.3, 0.4) is 0 Å². The number of rotatable bonds is 4. The molecule has 2 nitrogen and oxygen atoms in total. The lowest BCUT2D eigenvalue weighted by molar-refractivity contribution is 0.102. The molecular formula is C19H17NOS2. The Morgan fingerprint density at radius 3 is 2.48 bits per heavy atom. The van der Waals surface area contributed by atoms with E-state index in [1.165, 1.54) is 0 Å². The maximum absolute atomic E-state index is 12.8. The number of hydrogen-bond acceptors (Lipinski definition) is 3. The molecule has 0 atom stereocenters. The first-order chi connectivity index (χ1) is 11.2. The molecule has 0 bridgehead atoms. The molecule has 23 heavy (non-hydrogen) atoms. The van der Waals surface area contributed by atoms with Gasteiger partial charge in [-0.3, -0.25) is 4.79 Å². The van der Waals surface area contributed by atoms with Crippen LogP contribution in [0.5, 0.6) is 0 Å². The average molecular weight is 339 g/mol. The number of amides is 1. The van der Waals surface area contributed by atoms with Gasteiger partial charge in [-0.15, -0.1) is 23.1 Å². The van der Waals surface area contributed by atoms with Gasteiger partial charge in [-0.25, -0.2) is 0 Å². The number of para-hydroxylation sites is 1. The Morgan fingerprint density at radius 2 is 1.74 bits per heavy atom. The fourth-order valence-corrected chi connectivity index (χ4v) is 3.94. The molecule has 0 aliphatic carbocycles. The molecule has 0 fully saturated rings. The van der Waals surface area contributed by atoms with E-state index in [4.69, 9.17) is 0 Å². The Morgan fingerprint density at radius 1 is 1.04 bits per heavy atom. The topological polar surface area (TPSA) is 29.1 Å².